The monoisotopic (exact) mass is 333 g/mol. The molecule has 3 aromatic rings. The lowest BCUT2D eigenvalue weighted by molar-refractivity contribution is 0.558. The fourth-order valence-electron chi connectivity index (χ4n) is 2.07. The Labute approximate surface area is 135 Å². The van der Waals surface area contributed by atoms with Crippen LogP contribution in [0.15, 0.2) is 40.8 Å². The van der Waals surface area contributed by atoms with Crippen LogP contribution < -0.4 is 0 Å². The van der Waals surface area contributed by atoms with Crippen LogP contribution in [0.2, 0.25) is 0 Å². The van der Waals surface area contributed by atoms with Crippen LogP contribution in [0.5, 0.6) is 0 Å². The highest BCUT2D eigenvalue weighted by Gasteiger charge is 2.18. The minimum absolute atomic E-state index is 0.174. The molecule has 0 saturated heterocycles. The summed E-state index contributed by atoms with van der Waals surface area (Å²) in [5.41, 5.74) is 0.686. The zero-order valence-electron chi connectivity index (χ0n) is 12.5. The molecule has 0 amide bonds. The zero-order valence-corrected chi connectivity index (χ0v) is 13.3. The van der Waals surface area contributed by atoms with Crippen LogP contribution in [0.1, 0.15) is 12.6 Å². The van der Waals surface area contributed by atoms with Crippen molar-refractivity contribution in [2.45, 2.75) is 23.5 Å². The van der Waals surface area contributed by atoms with Crippen molar-refractivity contribution in [3.63, 3.8) is 0 Å². The predicted molar refractivity (Wildman–Crippen MR) is 81.9 cm³/mol. The SMILES string of the molecule is CCc1ncnc(Sc2nnc(-c3ccccc3F)n2C)c1F. The Bertz CT molecular complexity index is 850. The van der Waals surface area contributed by atoms with Gasteiger partial charge in [0, 0.05) is 7.05 Å². The van der Waals surface area contributed by atoms with Gasteiger partial charge in [0.05, 0.1) is 11.3 Å². The van der Waals surface area contributed by atoms with Gasteiger partial charge in [-0.25, -0.2) is 18.7 Å². The first kappa shape index (κ1) is 15.5. The molecule has 0 aliphatic heterocycles. The molecule has 1 aromatic carbocycles. The van der Waals surface area contributed by atoms with Gasteiger partial charge in [0.2, 0.25) is 0 Å². The van der Waals surface area contributed by atoms with Gasteiger partial charge in [-0.15, -0.1) is 10.2 Å². The summed E-state index contributed by atoms with van der Waals surface area (Å²) in [7, 11) is 1.70. The normalized spacial score (nSPS) is 11.0. The second-order valence-corrected chi connectivity index (χ2v) is 5.70. The Morgan fingerprint density at radius 3 is 2.65 bits per heavy atom. The molecular weight excluding hydrogens is 320 g/mol. The van der Waals surface area contributed by atoms with E-state index in [1.165, 1.54) is 12.4 Å². The Balaban J connectivity index is 1.96. The van der Waals surface area contributed by atoms with E-state index in [4.69, 9.17) is 0 Å². The highest BCUT2D eigenvalue weighted by Crippen LogP contribution is 2.30. The molecule has 5 nitrogen and oxygen atoms in total. The number of rotatable bonds is 4. The molecule has 0 fully saturated rings. The number of aryl methyl sites for hydroxylation is 1. The average molecular weight is 333 g/mol. The van der Waals surface area contributed by atoms with Gasteiger partial charge in [-0.1, -0.05) is 19.1 Å². The van der Waals surface area contributed by atoms with Crippen molar-refractivity contribution in [3.8, 4) is 11.4 Å². The number of benzene rings is 1. The van der Waals surface area contributed by atoms with E-state index >= 15 is 0 Å². The van der Waals surface area contributed by atoms with Crippen molar-refractivity contribution < 1.29 is 8.78 Å². The van der Waals surface area contributed by atoms with E-state index in [1.54, 1.807) is 29.8 Å². The van der Waals surface area contributed by atoms with E-state index in [-0.39, 0.29) is 10.8 Å². The van der Waals surface area contributed by atoms with Crippen molar-refractivity contribution in [1.82, 2.24) is 24.7 Å². The third-order valence-electron chi connectivity index (χ3n) is 3.30. The summed E-state index contributed by atoms with van der Waals surface area (Å²) in [5.74, 6) is -0.479. The zero-order chi connectivity index (χ0) is 16.4. The van der Waals surface area contributed by atoms with E-state index in [9.17, 15) is 8.78 Å². The molecule has 0 atom stereocenters. The lowest BCUT2D eigenvalue weighted by Crippen LogP contribution is -2.00. The number of hydrogen-bond donors (Lipinski definition) is 0. The van der Waals surface area contributed by atoms with Crippen LogP contribution >= 0.6 is 11.8 Å². The van der Waals surface area contributed by atoms with E-state index in [2.05, 4.69) is 20.2 Å². The van der Waals surface area contributed by atoms with Crippen molar-refractivity contribution >= 4 is 11.8 Å². The van der Waals surface area contributed by atoms with Crippen molar-refractivity contribution in [2.75, 3.05) is 0 Å². The van der Waals surface area contributed by atoms with Gasteiger partial charge in [-0.3, -0.25) is 0 Å². The molecule has 0 radical (unpaired) electrons. The third-order valence-corrected chi connectivity index (χ3v) is 4.32. The quantitative estimate of drug-likeness (QED) is 0.686. The fourth-order valence-corrected chi connectivity index (χ4v) is 2.86. The van der Waals surface area contributed by atoms with Gasteiger partial charge in [-0.2, -0.15) is 0 Å². The van der Waals surface area contributed by atoms with Crippen molar-refractivity contribution in [3.05, 3.63) is 47.9 Å². The van der Waals surface area contributed by atoms with Crippen LogP contribution in [-0.4, -0.2) is 24.7 Å². The molecule has 3 rings (SSSR count). The summed E-state index contributed by atoms with van der Waals surface area (Å²) in [6, 6.07) is 6.30. The summed E-state index contributed by atoms with van der Waals surface area (Å²) < 4.78 is 29.7. The molecule has 118 valence electrons. The summed E-state index contributed by atoms with van der Waals surface area (Å²) in [5, 5.41) is 8.60. The van der Waals surface area contributed by atoms with Gasteiger partial charge in [0.1, 0.15) is 17.2 Å². The highest BCUT2D eigenvalue weighted by atomic mass is 32.2. The number of hydrogen-bond acceptors (Lipinski definition) is 5. The number of halogens is 2. The first-order valence-electron chi connectivity index (χ1n) is 6.93. The second kappa shape index (κ2) is 6.41. The summed E-state index contributed by atoms with van der Waals surface area (Å²) in [6.07, 6.45) is 1.79. The molecule has 0 aliphatic carbocycles. The Morgan fingerprint density at radius 1 is 1.13 bits per heavy atom. The lowest BCUT2D eigenvalue weighted by atomic mass is 10.2. The molecule has 2 aromatic heterocycles. The molecule has 23 heavy (non-hydrogen) atoms. The van der Waals surface area contributed by atoms with E-state index in [1.807, 2.05) is 6.92 Å². The second-order valence-electron chi connectivity index (χ2n) is 4.74. The molecule has 0 unspecified atom stereocenters. The van der Waals surface area contributed by atoms with Crippen LogP contribution in [0, 0.1) is 11.6 Å². The molecule has 0 aliphatic rings. The van der Waals surface area contributed by atoms with E-state index in [0.717, 1.165) is 11.8 Å². The number of nitrogens with zero attached hydrogens (tertiary/aromatic N) is 5. The highest BCUT2D eigenvalue weighted by molar-refractivity contribution is 7.99. The summed E-state index contributed by atoms with van der Waals surface area (Å²) in [4.78, 5) is 7.84. The van der Waals surface area contributed by atoms with Gasteiger partial charge < -0.3 is 4.57 Å². The maximum Gasteiger partial charge on any atom is 0.197 e. The van der Waals surface area contributed by atoms with E-state index in [0.29, 0.717) is 28.7 Å². The smallest absolute Gasteiger partial charge is 0.197 e. The Hall–Kier alpha value is -2.35. The van der Waals surface area contributed by atoms with Gasteiger partial charge >= 0.3 is 0 Å². The summed E-state index contributed by atoms with van der Waals surface area (Å²) >= 11 is 1.03. The number of aromatic nitrogens is 5. The molecule has 0 spiro atoms. The predicted octanol–water partition coefficient (Wildman–Crippen LogP) is 3.26. The average Bonchev–Trinajstić information content (AvgIpc) is 2.91. The lowest BCUT2D eigenvalue weighted by Gasteiger charge is -2.06. The maximum atomic E-state index is 14.2. The van der Waals surface area contributed by atoms with Crippen molar-refractivity contribution in [2.24, 2.45) is 7.05 Å². The fraction of sp³-hybridized carbons (Fsp3) is 0.200. The van der Waals surface area contributed by atoms with Gasteiger partial charge in [-0.05, 0) is 30.3 Å². The molecule has 2 heterocycles. The summed E-state index contributed by atoms with van der Waals surface area (Å²) in [6.45, 7) is 1.82. The molecule has 0 saturated carbocycles. The van der Waals surface area contributed by atoms with Crippen LogP contribution in [0.3, 0.4) is 0 Å². The minimum atomic E-state index is -0.463. The molecule has 0 bridgehead atoms. The van der Waals surface area contributed by atoms with Gasteiger partial charge in [0.25, 0.3) is 0 Å². The van der Waals surface area contributed by atoms with Crippen LogP contribution in [0.4, 0.5) is 8.78 Å². The first-order chi connectivity index (χ1) is 11.1. The maximum absolute atomic E-state index is 14.2. The van der Waals surface area contributed by atoms with Crippen molar-refractivity contribution in [1.29, 1.82) is 0 Å². The van der Waals surface area contributed by atoms with Gasteiger partial charge in [0.15, 0.2) is 16.8 Å². The minimum Gasteiger partial charge on any atom is -0.305 e. The van der Waals surface area contributed by atoms with Crippen LogP contribution in [0.25, 0.3) is 11.4 Å². The van der Waals surface area contributed by atoms with E-state index < -0.39 is 5.82 Å². The Morgan fingerprint density at radius 2 is 1.91 bits per heavy atom. The van der Waals surface area contributed by atoms with Crippen LogP contribution in [-0.2, 0) is 13.5 Å². The third kappa shape index (κ3) is 2.94. The molecule has 8 heteroatoms. The Kier molecular flexibility index (Phi) is 4.33. The largest absolute Gasteiger partial charge is 0.305 e. The molecule has 0 N–H and O–H groups in total. The first-order valence-corrected chi connectivity index (χ1v) is 7.75. The molecular formula is C15H13F2N5S. The topological polar surface area (TPSA) is 56.5 Å². The standard InChI is InChI=1S/C15H13F2N5S/c1-3-11-12(17)14(19-8-18-11)23-15-21-20-13(22(15)2)9-6-4-5-7-10(9)16/h4-8H,3H2,1-2H3.